The zero-order chi connectivity index (χ0) is 18.5. The van der Waals surface area contributed by atoms with E-state index in [9.17, 15) is 4.79 Å². The van der Waals surface area contributed by atoms with Gasteiger partial charge in [0.05, 0.1) is 19.8 Å². The van der Waals surface area contributed by atoms with Gasteiger partial charge in [-0.3, -0.25) is 14.4 Å². The van der Waals surface area contributed by atoms with Gasteiger partial charge in [-0.1, -0.05) is 30.3 Å². The van der Waals surface area contributed by atoms with E-state index in [4.69, 9.17) is 9.84 Å². The number of aromatic nitrogens is 2. The summed E-state index contributed by atoms with van der Waals surface area (Å²) in [6.07, 6.45) is 4.27. The minimum Gasteiger partial charge on any atom is -0.379 e. The summed E-state index contributed by atoms with van der Waals surface area (Å²) in [6, 6.07) is 10.3. The molecule has 1 aliphatic heterocycles. The van der Waals surface area contributed by atoms with Crippen LogP contribution in [0.3, 0.4) is 0 Å². The molecule has 1 saturated heterocycles. The first kappa shape index (κ1) is 18.2. The maximum absolute atomic E-state index is 12.8. The molecule has 1 aromatic carbocycles. The molecule has 4 rings (SSSR count). The van der Waals surface area contributed by atoms with E-state index in [0.717, 1.165) is 64.2 Å². The zero-order valence-corrected chi connectivity index (χ0v) is 15.8. The molecule has 1 amide bonds. The van der Waals surface area contributed by atoms with Gasteiger partial charge in [-0.25, -0.2) is 0 Å². The Morgan fingerprint density at radius 2 is 1.89 bits per heavy atom. The first-order chi connectivity index (χ1) is 13.3. The van der Waals surface area contributed by atoms with Crippen molar-refractivity contribution in [2.75, 3.05) is 39.4 Å². The van der Waals surface area contributed by atoms with Gasteiger partial charge in [0.25, 0.3) is 5.91 Å². The number of rotatable bonds is 6. The van der Waals surface area contributed by atoms with Crippen LogP contribution in [0.1, 0.15) is 40.2 Å². The fraction of sp³-hybridized carbons (Fsp3) is 0.524. The average molecular weight is 368 g/mol. The van der Waals surface area contributed by atoms with E-state index in [1.807, 2.05) is 22.9 Å². The van der Waals surface area contributed by atoms with Crippen molar-refractivity contribution in [3.8, 4) is 0 Å². The molecule has 0 spiro atoms. The summed E-state index contributed by atoms with van der Waals surface area (Å²) < 4.78 is 7.41. The highest BCUT2D eigenvalue weighted by Gasteiger charge is 2.25. The highest BCUT2D eigenvalue weighted by molar-refractivity contribution is 5.94. The van der Waals surface area contributed by atoms with Crippen molar-refractivity contribution in [3.05, 3.63) is 52.8 Å². The Morgan fingerprint density at radius 1 is 1.11 bits per heavy atom. The van der Waals surface area contributed by atoms with Crippen molar-refractivity contribution >= 4 is 5.91 Å². The lowest BCUT2D eigenvalue weighted by Gasteiger charge is -2.26. The topological polar surface area (TPSA) is 59.4 Å². The molecule has 144 valence electrons. The number of amides is 1. The summed E-state index contributed by atoms with van der Waals surface area (Å²) in [4.78, 5) is 15.1. The average Bonchev–Trinajstić information content (AvgIpc) is 3.08. The van der Waals surface area contributed by atoms with Crippen LogP contribution in [0.4, 0.5) is 0 Å². The number of ether oxygens (including phenoxy) is 1. The number of fused-ring (bicyclic) bond motifs is 1. The minimum absolute atomic E-state index is 0.0341. The molecule has 6 nitrogen and oxygen atoms in total. The summed E-state index contributed by atoms with van der Waals surface area (Å²) in [5, 5.41) is 7.80. The molecule has 1 N–H and O–H groups in total. The second kappa shape index (κ2) is 8.67. The third-order valence-corrected chi connectivity index (χ3v) is 5.46. The fourth-order valence-corrected chi connectivity index (χ4v) is 3.98. The molecule has 0 atom stereocenters. The molecule has 2 aliphatic rings. The smallest absolute Gasteiger partial charge is 0.272 e. The van der Waals surface area contributed by atoms with Crippen LogP contribution in [0.25, 0.3) is 0 Å². The SMILES string of the molecule is O=C(NCCN1CCOCC1)c1nn(Cc2ccccc2)c2c1CCCC2. The third kappa shape index (κ3) is 4.39. The molecule has 2 heterocycles. The molecule has 0 saturated carbocycles. The second-order valence-corrected chi connectivity index (χ2v) is 7.33. The van der Waals surface area contributed by atoms with E-state index in [1.165, 1.54) is 17.7 Å². The van der Waals surface area contributed by atoms with Gasteiger partial charge < -0.3 is 10.1 Å². The van der Waals surface area contributed by atoms with Gasteiger partial charge in [-0.2, -0.15) is 5.10 Å². The normalized spacial score (nSPS) is 17.5. The summed E-state index contributed by atoms with van der Waals surface area (Å²) in [6.45, 7) is 5.69. The number of nitrogens with one attached hydrogen (secondary N) is 1. The number of morpholine rings is 1. The Bertz CT molecular complexity index is 766. The van der Waals surface area contributed by atoms with E-state index in [2.05, 4.69) is 22.3 Å². The highest BCUT2D eigenvalue weighted by atomic mass is 16.5. The molecule has 2 aromatic rings. The first-order valence-electron chi connectivity index (χ1n) is 10.0. The van der Waals surface area contributed by atoms with Crippen molar-refractivity contribution < 1.29 is 9.53 Å². The third-order valence-electron chi connectivity index (χ3n) is 5.46. The van der Waals surface area contributed by atoms with Crippen molar-refractivity contribution in [1.82, 2.24) is 20.0 Å². The van der Waals surface area contributed by atoms with E-state index >= 15 is 0 Å². The summed E-state index contributed by atoms with van der Waals surface area (Å²) >= 11 is 0. The van der Waals surface area contributed by atoms with Crippen LogP contribution < -0.4 is 5.32 Å². The van der Waals surface area contributed by atoms with E-state index in [-0.39, 0.29) is 5.91 Å². The van der Waals surface area contributed by atoms with Gasteiger partial charge in [-0.15, -0.1) is 0 Å². The fourth-order valence-electron chi connectivity index (χ4n) is 3.98. The minimum atomic E-state index is -0.0341. The van der Waals surface area contributed by atoms with Gasteiger partial charge >= 0.3 is 0 Å². The van der Waals surface area contributed by atoms with E-state index in [1.54, 1.807) is 0 Å². The lowest BCUT2D eigenvalue weighted by atomic mass is 9.95. The van der Waals surface area contributed by atoms with Gasteiger partial charge in [-0.05, 0) is 31.2 Å². The highest BCUT2D eigenvalue weighted by Crippen LogP contribution is 2.25. The molecule has 1 aliphatic carbocycles. The molecule has 1 fully saturated rings. The van der Waals surface area contributed by atoms with Gasteiger partial charge in [0.15, 0.2) is 5.69 Å². The first-order valence-corrected chi connectivity index (χ1v) is 10.0. The molecule has 6 heteroatoms. The predicted molar refractivity (Wildman–Crippen MR) is 104 cm³/mol. The van der Waals surface area contributed by atoms with Crippen molar-refractivity contribution in [1.29, 1.82) is 0 Å². The number of carbonyl (C=O) groups excluding carboxylic acids is 1. The maximum atomic E-state index is 12.8. The predicted octanol–water partition coefficient (Wildman–Crippen LogP) is 1.87. The molecule has 27 heavy (non-hydrogen) atoms. The molecule has 1 aromatic heterocycles. The monoisotopic (exact) mass is 368 g/mol. The molecule has 0 bridgehead atoms. The number of nitrogens with zero attached hydrogens (tertiary/aromatic N) is 3. The Hall–Kier alpha value is -2.18. The summed E-state index contributed by atoms with van der Waals surface area (Å²) in [5.41, 5.74) is 4.24. The molecule has 0 radical (unpaired) electrons. The van der Waals surface area contributed by atoms with Crippen LogP contribution in [0.2, 0.25) is 0 Å². The van der Waals surface area contributed by atoms with Gasteiger partial charge in [0, 0.05) is 37.4 Å². The Kier molecular flexibility index (Phi) is 5.84. The standard InChI is InChI=1S/C21H28N4O2/c26-21(22-10-11-24-12-14-27-15-13-24)20-18-8-4-5-9-19(18)25(23-20)16-17-6-2-1-3-7-17/h1-3,6-7H,4-5,8-16H2,(H,22,26). The van der Waals surface area contributed by atoms with Gasteiger partial charge in [0.1, 0.15) is 0 Å². The van der Waals surface area contributed by atoms with Crippen LogP contribution in [-0.2, 0) is 24.1 Å². The Balaban J connectivity index is 1.44. The van der Waals surface area contributed by atoms with Crippen molar-refractivity contribution in [3.63, 3.8) is 0 Å². The zero-order valence-electron chi connectivity index (χ0n) is 15.8. The molecule has 0 unspecified atom stereocenters. The van der Waals surface area contributed by atoms with Crippen LogP contribution in [0.15, 0.2) is 30.3 Å². The largest absolute Gasteiger partial charge is 0.379 e. The lowest BCUT2D eigenvalue weighted by Crippen LogP contribution is -2.41. The van der Waals surface area contributed by atoms with Gasteiger partial charge in [0.2, 0.25) is 0 Å². The van der Waals surface area contributed by atoms with Crippen molar-refractivity contribution in [2.24, 2.45) is 0 Å². The molecular weight excluding hydrogens is 340 g/mol. The van der Waals surface area contributed by atoms with Crippen LogP contribution >= 0.6 is 0 Å². The van der Waals surface area contributed by atoms with Crippen LogP contribution in [0, 0.1) is 0 Å². The lowest BCUT2D eigenvalue weighted by molar-refractivity contribution is 0.0383. The number of hydrogen-bond acceptors (Lipinski definition) is 4. The Morgan fingerprint density at radius 3 is 2.70 bits per heavy atom. The summed E-state index contributed by atoms with van der Waals surface area (Å²) in [7, 11) is 0. The van der Waals surface area contributed by atoms with Crippen molar-refractivity contribution in [2.45, 2.75) is 32.2 Å². The maximum Gasteiger partial charge on any atom is 0.272 e. The van der Waals surface area contributed by atoms with Crippen LogP contribution in [0.5, 0.6) is 0 Å². The summed E-state index contributed by atoms with van der Waals surface area (Å²) in [5.74, 6) is -0.0341. The van der Waals surface area contributed by atoms with E-state index < -0.39 is 0 Å². The Labute approximate surface area is 160 Å². The number of carbonyl (C=O) groups is 1. The van der Waals surface area contributed by atoms with E-state index in [0.29, 0.717) is 12.2 Å². The second-order valence-electron chi connectivity index (χ2n) is 7.33. The number of benzene rings is 1. The van der Waals surface area contributed by atoms with Crippen LogP contribution in [-0.4, -0.2) is 60.0 Å². The number of hydrogen-bond donors (Lipinski definition) is 1. The molecular formula is C21H28N4O2. The quantitative estimate of drug-likeness (QED) is 0.846.